The lowest BCUT2D eigenvalue weighted by Gasteiger charge is -2.00. The first-order chi connectivity index (χ1) is 6.83. The number of unbranched alkanes of at least 4 members (excludes halogenated alkanes) is 1. The predicted octanol–water partition coefficient (Wildman–Crippen LogP) is 3.51. The summed E-state index contributed by atoms with van der Waals surface area (Å²) in [6.45, 7) is 2.42. The minimum absolute atomic E-state index is 0.315. The fourth-order valence-electron chi connectivity index (χ4n) is 0.976. The molecule has 78 valence electrons. The second-order valence-corrected chi connectivity index (χ2v) is 5.64. The molecule has 0 amide bonds. The summed E-state index contributed by atoms with van der Waals surface area (Å²) < 4.78 is 0. The Morgan fingerprint density at radius 1 is 1.14 bits per heavy atom. The number of aliphatic hydroxyl groups is 1. The van der Waals surface area contributed by atoms with E-state index in [1.807, 2.05) is 21.6 Å². The molecule has 0 spiro atoms. The van der Waals surface area contributed by atoms with Gasteiger partial charge in [-0.25, -0.2) is 0 Å². The Bertz CT molecular complexity index is 246. The second-order valence-electron chi connectivity index (χ2n) is 3.15. The van der Waals surface area contributed by atoms with Gasteiger partial charge in [0, 0.05) is 17.3 Å². The molecule has 14 heavy (non-hydrogen) atoms. The van der Waals surface area contributed by atoms with Gasteiger partial charge in [0.05, 0.1) is 0 Å². The van der Waals surface area contributed by atoms with Crippen molar-refractivity contribution >= 4 is 21.6 Å². The van der Waals surface area contributed by atoms with Gasteiger partial charge in [-0.2, -0.15) is 0 Å². The Morgan fingerprint density at radius 2 is 1.86 bits per heavy atom. The molecular weight excluding hydrogens is 212 g/mol. The molecule has 0 aliphatic rings. The lowest BCUT2D eigenvalue weighted by molar-refractivity contribution is 0.287. The van der Waals surface area contributed by atoms with Crippen LogP contribution in [0.2, 0.25) is 0 Å². The van der Waals surface area contributed by atoms with E-state index in [1.165, 1.54) is 10.5 Å². The zero-order valence-electron chi connectivity index (χ0n) is 8.40. The van der Waals surface area contributed by atoms with Crippen molar-refractivity contribution in [2.24, 2.45) is 0 Å². The van der Waals surface area contributed by atoms with Gasteiger partial charge in [0.25, 0.3) is 0 Å². The van der Waals surface area contributed by atoms with Crippen LogP contribution < -0.4 is 0 Å². The minimum atomic E-state index is 0.315. The van der Waals surface area contributed by atoms with Gasteiger partial charge in [0.1, 0.15) is 0 Å². The summed E-state index contributed by atoms with van der Waals surface area (Å²) in [6.07, 6.45) is 2.02. The quantitative estimate of drug-likeness (QED) is 0.594. The summed E-state index contributed by atoms with van der Waals surface area (Å²) in [4.78, 5) is 1.31. The number of hydrogen-bond donors (Lipinski definition) is 1. The first kappa shape index (κ1) is 12.0. The Kier molecular flexibility index (Phi) is 6.15. The van der Waals surface area contributed by atoms with Crippen LogP contribution in [0.1, 0.15) is 18.4 Å². The molecule has 0 saturated carbocycles. The summed E-state index contributed by atoms with van der Waals surface area (Å²) in [5.74, 6) is 1.11. The Morgan fingerprint density at radius 3 is 2.50 bits per heavy atom. The highest BCUT2D eigenvalue weighted by atomic mass is 33.1. The van der Waals surface area contributed by atoms with Crippen molar-refractivity contribution in [1.82, 2.24) is 0 Å². The molecule has 0 aliphatic carbocycles. The molecule has 0 heterocycles. The van der Waals surface area contributed by atoms with Crippen molar-refractivity contribution in [2.75, 3.05) is 12.4 Å². The fraction of sp³-hybridized carbons (Fsp3) is 0.455. The number of hydrogen-bond acceptors (Lipinski definition) is 3. The predicted molar refractivity (Wildman–Crippen MR) is 65.8 cm³/mol. The molecule has 0 aliphatic heterocycles. The van der Waals surface area contributed by atoms with Crippen molar-refractivity contribution in [1.29, 1.82) is 0 Å². The Labute approximate surface area is 93.7 Å². The van der Waals surface area contributed by atoms with E-state index >= 15 is 0 Å². The monoisotopic (exact) mass is 228 g/mol. The Balaban J connectivity index is 2.15. The molecule has 1 N–H and O–H groups in total. The molecular formula is C11H16OS2. The maximum Gasteiger partial charge on any atom is 0.0431 e. The van der Waals surface area contributed by atoms with E-state index in [0.717, 1.165) is 18.6 Å². The number of rotatable bonds is 6. The van der Waals surface area contributed by atoms with Gasteiger partial charge in [0.15, 0.2) is 0 Å². The molecule has 1 aromatic rings. The summed E-state index contributed by atoms with van der Waals surface area (Å²) in [7, 11) is 3.67. The highest BCUT2D eigenvalue weighted by Gasteiger charge is 1.94. The van der Waals surface area contributed by atoms with Crippen molar-refractivity contribution in [3.8, 4) is 0 Å². The van der Waals surface area contributed by atoms with Gasteiger partial charge in [-0.15, -0.1) is 0 Å². The van der Waals surface area contributed by atoms with E-state index < -0.39 is 0 Å². The van der Waals surface area contributed by atoms with E-state index in [2.05, 4.69) is 31.2 Å². The van der Waals surface area contributed by atoms with Crippen LogP contribution >= 0.6 is 21.6 Å². The highest BCUT2D eigenvalue weighted by molar-refractivity contribution is 8.76. The van der Waals surface area contributed by atoms with Crippen LogP contribution in [-0.4, -0.2) is 17.5 Å². The third kappa shape index (κ3) is 4.94. The van der Waals surface area contributed by atoms with E-state index in [-0.39, 0.29) is 0 Å². The zero-order valence-corrected chi connectivity index (χ0v) is 10.0. The minimum Gasteiger partial charge on any atom is -0.396 e. The summed E-state index contributed by atoms with van der Waals surface area (Å²) >= 11 is 0. The van der Waals surface area contributed by atoms with Crippen molar-refractivity contribution in [3.05, 3.63) is 29.8 Å². The smallest absolute Gasteiger partial charge is 0.0431 e. The van der Waals surface area contributed by atoms with Crippen molar-refractivity contribution < 1.29 is 5.11 Å². The van der Waals surface area contributed by atoms with E-state index in [9.17, 15) is 0 Å². The largest absolute Gasteiger partial charge is 0.396 e. The molecule has 1 aromatic carbocycles. The summed E-state index contributed by atoms with van der Waals surface area (Å²) in [6, 6.07) is 8.57. The number of aryl methyl sites for hydroxylation is 1. The SMILES string of the molecule is Cc1ccc(SSCCCCO)cc1. The molecule has 0 aromatic heterocycles. The molecule has 0 saturated heterocycles. The first-order valence-electron chi connectivity index (χ1n) is 4.80. The van der Waals surface area contributed by atoms with Crippen LogP contribution in [0.3, 0.4) is 0 Å². The van der Waals surface area contributed by atoms with Gasteiger partial charge in [0.2, 0.25) is 0 Å². The van der Waals surface area contributed by atoms with Gasteiger partial charge >= 0.3 is 0 Å². The average molecular weight is 228 g/mol. The molecule has 0 atom stereocenters. The van der Waals surface area contributed by atoms with Crippen molar-refractivity contribution in [3.63, 3.8) is 0 Å². The van der Waals surface area contributed by atoms with Crippen molar-refractivity contribution in [2.45, 2.75) is 24.7 Å². The molecule has 0 bridgehead atoms. The van der Waals surface area contributed by atoms with Gasteiger partial charge in [-0.05, 0) is 31.9 Å². The lowest BCUT2D eigenvalue weighted by Crippen LogP contribution is -1.83. The zero-order chi connectivity index (χ0) is 10.2. The van der Waals surface area contributed by atoms with E-state index in [4.69, 9.17) is 5.11 Å². The topological polar surface area (TPSA) is 20.2 Å². The van der Waals surface area contributed by atoms with Crippen LogP contribution in [0.5, 0.6) is 0 Å². The summed E-state index contributed by atoms with van der Waals surface area (Å²) in [5.41, 5.74) is 1.31. The van der Waals surface area contributed by atoms with Crippen LogP contribution in [0.4, 0.5) is 0 Å². The maximum absolute atomic E-state index is 8.60. The van der Waals surface area contributed by atoms with Crippen LogP contribution in [0, 0.1) is 6.92 Å². The second kappa shape index (κ2) is 7.21. The van der Waals surface area contributed by atoms with Crippen LogP contribution in [0.15, 0.2) is 29.2 Å². The third-order valence-electron chi connectivity index (χ3n) is 1.81. The van der Waals surface area contributed by atoms with E-state index in [1.54, 1.807) is 0 Å². The van der Waals surface area contributed by atoms with E-state index in [0.29, 0.717) is 6.61 Å². The molecule has 0 unspecified atom stereocenters. The van der Waals surface area contributed by atoms with Gasteiger partial charge in [-0.1, -0.05) is 39.3 Å². The lowest BCUT2D eigenvalue weighted by atomic mass is 10.2. The third-order valence-corrected chi connectivity index (χ3v) is 4.28. The van der Waals surface area contributed by atoms with Gasteiger partial charge < -0.3 is 5.11 Å². The van der Waals surface area contributed by atoms with Crippen LogP contribution in [0.25, 0.3) is 0 Å². The average Bonchev–Trinajstić information content (AvgIpc) is 2.21. The number of aliphatic hydroxyl groups excluding tert-OH is 1. The number of benzene rings is 1. The first-order valence-corrected chi connectivity index (χ1v) is 7.12. The molecule has 3 heteroatoms. The molecule has 1 nitrogen and oxygen atoms in total. The summed E-state index contributed by atoms with van der Waals surface area (Å²) in [5, 5.41) is 8.60. The highest BCUT2D eigenvalue weighted by Crippen LogP contribution is 2.31. The molecule has 0 fully saturated rings. The fourth-order valence-corrected chi connectivity index (χ4v) is 3.11. The maximum atomic E-state index is 8.60. The normalized spacial score (nSPS) is 10.4. The Hall–Kier alpha value is -0.120. The van der Waals surface area contributed by atoms with Gasteiger partial charge in [-0.3, -0.25) is 0 Å². The molecule has 1 rings (SSSR count). The van der Waals surface area contributed by atoms with Crippen LogP contribution in [-0.2, 0) is 0 Å². The standard InChI is InChI=1S/C11H16OS2/c1-10-4-6-11(7-5-10)14-13-9-3-2-8-12/h4-7,12H,2-3,8-9H2,1H3. The molecule has 0 radical (unpaired) electrons.